The normalized spacial score (nSPS) is 13.9. The standard InChI is InChI=1S/C12H25NO2/c1-8-12(5,6)13(7)11(14)15-10(4)9(2)3/h9-10H,8H2,1-7H3. The molecule has 3 heteroatoms. The lowest BCUT2D eigenvalue weighted by Gasteiger charge is -2.35. The van der Waals surface area contributed by atoms with Gasteiger partial charge in [-0.05, 0) is 33.1 Å². The molecule has 0 bridgehead atoms. The van der Waals surface area contributed by atoms with Gasteiger partial charge < -0.3 is 9.64 Å². The molecule has 0 rings (SSSR count). The Kier molecular flexibility index (Phi) is 5.12. The minimum atomic E-state index is -0.233. The molecule has 1 amide bonds. The quantitative estimate of drug-likeness (QED) is 0.720. The van der Waals surface area contributed by atoms with E-state index in [0.717, 1.165) is 6.42 Å². The molecule has 1 atom stereocenters. The lowest BCUT2D eigenvalue weighted by Crippen LogP contribution is -2.45. The zero-order valence-electron chi connectivity index (χ0n) is 11.1. The van der Waals surface area contributed by atoms with Crippen LogP contribution in [-0.2, 0) is 4.74 Å². The molecule has 0 aliphatic carbocycles. The van der Waals surface area contributed by atoms with E-state index < -0.39 is 0 Å². The molecule has 15 heavy (non-hydrogen) atoms. The summed E-state index contributed by atoms with van der Waals surface area (Å²) in [6.07, 6.45) is 0.643. The second kappa shape index (κ2) is 5.38. The summed E-state index contributed by atoms with van der Waals surface area (Å²) < 4.78 is 5.35. The van der Waals surface area contributed by atoms with Crippen LogP contribution in [0.5, 0.6) is 0 Å². The SMILES string of the molecule is CCC(C)(C)N(C)C(=O)OC(C)C(C)C. The van der Waals surface area contributed by atoms with Crippen molar-refractivity contribution in [3.05, 3.63) is 0 Å². The molecule has 3 nitrogen and oxygen atoms in total. The van der Waals surface area contributed by atoms with E-state index in [1.807, 2.05) is 34.6 Å². The second-order valence-corrected chi connectivity index (χ2v) is 5.06. The van der Waals surface area contributed by atoms with Crippen molar-refractivity contribution in [3.8, 4) is 0 Å². The van der Waals surface area contributed by atoms with Crippen molar-refractivity contribution in [2.24, 2.45) is 5.92 Å². The van der Waals surface area contributed by atoms with Crippen LogP contribution in [0.15, 0.2) is 0 Å². The first-order valence-electron chi connectivity index (χ1n) is 5.66. The van der Waals surface area contributed by atoms with Gasteiger partial charge in [-0.25, -0.2) is 4.79 Å². The van der Waals surface area contributed by atoms with Gasteiger partial charge in [-0.15, -0.1) is 0 Å². The van der Waals surface area contributed by atoms with Crippen LogP contribution in [0, 0.1) is 5.92 Å². The first kappa shape index (κ1) is 14.3. The molecule has 0 heterocycles. The third-order valence-electron chi connectivity index (χ3n) is 3.27. The molecule has 0 aromatic carbocycles. The summed E-state index contributed by atoms with van der Waals surface area (Å²) in [4.78, 5) is 13.4. The van der Waals surface area contributed by atoms with E-state index in [0.29, 0.717) is 5.92 Å². The van der Waals surface area contributed by atoms with Gasteiger partial charge in [-0.3, -0.25) is 0 Å². The topological polar surface area (TPSA) is 29.5 Å². The Balaban J connectivity index is 4.34. The van der Waals surface area contributed by atoms with Gasteiger partial charge in [0.15, 0.2) is 0 Å². The Morgan fingerprint density at radius 2 is 1.80 bits per heavy atom. The fourth-order valence-corrected chi connectivity index (χ4v) is 0.858. The second-order valence-electron chi connectivity index (χ2n) is 5.06. The Bertz CT molecular complexity index is 212. The van der Waals surface area contributed by atoms with Gasteiger partial charge in [-0.1, -0.05) is 20.8 Å². The summed E-state index contributed by atoms with van der Waals surface area (Å²) in [5.41, 5.74) is -0.145. The van der Waals surface area contributed by atoms with E-state index in [2.05, 4.69) is 6.92 Å². The zero-order chi connectivity index (χ0) is 12.2. The maximum atomic E-state index is 11.8. The van der Waals surface area contributed by atoms with Gasteiger partial charge in [0.05, 0.1) is 0 Å². The zero-order valence-corrected chi connectivity index (χ0v) is 11.1. The highest BCUT2D eigenvalue weighted by atomic mass is 16.6. The molecule has 90 valence electrons. The maximum Gasteiger partial charge on any atom is 0.410 e. The van der Waals surface area contributed by atoms with Crippen molar-refractivity contribution in [2.75, 3.05) is 7.05 Å². The van der Waals surface area contributed by atoms with E-state index in [1.165, 1.54) is 0 Å². The number of rotatable bonds is 4. The highest BCUT2D eigenvalue weighted by Gasteiger charge is 2.28. The number of amides is 1. The molecule has 0 aromatic heterocycles. The van der Waals surface area contributed by atoms with Crippen LogP contribution in [-0.4, -0.2) is 29.7 Å². The molecular formula is C12H25NO2. The van der Waals surface area contributed by atoms with Crippen LogP contribution >= 0.6 is 0 Å². The lowest BCUT2D eigenvalue weighted by atomic mass is 10.0. The van der Waals surface area contributed by atoms with Crippen molar-refractivity contribution in [3.63, 3.8) is 0 Å². The lowest BCUT2D eigenvalue weighted by molar-refractivity contribution is 0.0330. The van der Waals surface area contributed by atoms with Crippen LogP contribution in [0.4, 0.5) is 4.79 Å². The van der Waals surface area contributed by atoms with E-state index in [9.17, 15) is 4.79 Å². The van der Waals surface area contributed by atoms with Crippen LogP contribution in [0.25, 0.3) is 0 Å². The third-order valence-corrected chi connectivity index (χ3v) is 3.27. The number of carbonyl (C=O) groups excluding carboxylic acids is 1. The molecule has 1 unspecified atom stereocenters. The third kappa shape index (κ3) is 4.10. The molecule has 0 aliphatic rings. The number of ether oxygens (including phenoxy) is 1. The number of nitrogens with zero attached hydrogens (tertiary/aromatic N) is 1. The van der Waals surface area contributed by atoms with E-state index in [1.54, 1.807) is 11.9 Å². The van der Waals surface area contributed by atoms with Crippen molar-refractivity contribution >= 4 is 6.09 Å². The van der Waals surface area contributed by atoms with Gasteiger partial charge >= 0.3 is 6.09 Å². The number of hydrogen-bond donors (Lipinski definition) is 0. The van der Waals surface area contributed by atoms with E-state index in [4.69, 9.17) is 4.74 Å². The number of hydrogen-bond acceptors (Lipinski definition) is 2. The van der Waals surface area contributed by atoms with Crippen molar-refractivity contribution in [2.45, 2.75) is 59.6 Å². The first-order chi connectivity index (χ1) is 6.72. The summed E-state index contributed by atoms with van der Waals surface area (Å²) in [6.45, 7) is 12.2. The molecule has 0 saturated carbocycles. The fourth-order valence-electron chi connectivity index (χ4n) is 0.858. The van der Waals surface area contributed by atoms with Crippen molar-refractivity contribution in [1.82, 2.24) is 4.90 Å². The summed E-state index contributed by atoms with van der Waals surface area (Å²) >= 11 is 0. The van der Waals surface area contributed by atoms with E-state index in [-0.39, 0.29) is 17.7 Å². The molecule has 0 N–H and O–H groups in total. The van der Waals surface area contributed by atoms with Gasteiger partial charge in [0.25, 0.3) is 0 Å². The van der Waals surface area contributed by atoms with Gasteiger partial charge in [-0.2, -0.15) is 0 Å². The Morgan fingerprint density at radius 1 is 1.33 bits per heavy atom. The highest BCUT2D eigenvalue weighted by Crippen LogP contribution is 2.18. The smallest absolute Gasteiger partial charge is 0.410 e. The largest absolute Gasteiger partial charge is 0.446 e. The average Bonchev–Trinajstić information content (AvgIpc) is 2.16. The van der Waals surface area contributed by atoms with E-state index >= 15 is 0 Å². The monoisotopic (exact) mass is 215 g/mol. The first-order valence-corrected chi connectivity index (χ1v) is 5.66. The molecular weight excluding hydrogens is 190 g/mol. The average molecular weight is 215 g/mol. The summed E-state index contributed by atoms with van der Waals surface area (Å²) in [6, 6.07) is 0. The summed E-state index contributed by atoms with van der Waals surface area (Å²) in [7, 11) is 1.79. The van der Waals surface area contributed by atoms with Crippen LogP contribution in [0.1, 0.15) is 48.0 Å². The molecule has 0 spiro atoms. The molecule has 0 saturated heterocycles. The van der Waals surface area contributed by atoms with Gasteiger partial charge in [0, 0.05) is 12.6 Å². The predicted molar refractivity (Wildman–Crippen MR) is 62.9 cm³/mol. The fraction of sp³-hybridized carbons (Fsp3) is 0.917. The number of carbonyl (C=O) groups is 1. The van der Waals surface area contributed by atoms with Gasteiger partial charge in [0.2, 0.25) is 0 Å². The van der Waals surface area contributed by atoms with Crippen molar-refractivity contribution < 1.29 is 9.53 Å². The Labute approximate surface area is 93.8 Å². The van der Waals surface area contributed by atoms with Crippen LogP contribution < -0.4 is 0 Å². The molecule has 0 aromatic rings. The highest BCUT2D eigenvalue weighted by molar-refractivity contribution is 5.68. The molecule has 0 aliphatic heterocycles. The Morgan fingerprint density at radius 3 is 2.13 bits per heavy atom. The minimum Gasteiger partial charge on any atom is -0.446 e. The summed E-state index contributed by atoms with van der Waals surface area (Å²) in [5.74, 6) is 0.354. The minimum absolute atomic E-state index is 0.0346. The summed E-state index contributed by atoms with van der Waals surface area (Å²) in [5, 5.41) is 0. The molecule has 0 fully saturated rings. The van der Waals surface area contributed by atoms with Gasteiger partial charge in [0.1, 0.15) is 6.10 Å². The molecule has 0 radical (unpaired) electrons. The van der Waals surface area contributed by atoms with Crippen molar-refractivity contribution in [1.29, 1.82) is 0 Å². The Hall–Kier alpha value is -0.730. The maximum absolute atomic E-state index is 11.8. The predicted octanol–water partition coefficient (Wildman–Crippen LogP) is 3.29. The van der Waals surface area contributed by atoms with Crippen LogP contribution in [0.2, 0.25) is 0 Å². The van der Waals surface area contributed by atoms with Crippen LogP contribution in [0.3, 0.4) is 0 Å².